The summed E-state index contributed by atoms with van der Waals surface area (Å²) in [6.07, 6.45) is 1.42. The van der Waals surface area contributed by atoms with E-state index in [2.05, 4.69) is 5.16 Å². The zero-order valence-corrected chi connectivity index (χ0v) is 16.7. The first-order valence-corrected chi connectivity index (χ1v) is 10.6. The lowest BCUT2D eigenvalue weighted by molar-refractivity contribution is -0.132. The minimum atomic E-state index is -2.88. The number of oxime groups is 1. The molecule has 0 saturated heterocycles. The van der Waals surface area contributed by atoms with Gasteiger partial charge >= 0.3 is 5.97 Å². The maximum Gasteiger partial charge on any atom is 0.367 e. The molecule has 0 saturated carbocycles. The summed E-state index contributed by atoms with van der Waals surface area (Å²) >= 11 is 1.09. The number of aryl methyl sites for hydroxylation is 2. The fraction of sp³-hybridized carbons (Fsp3) is 0.211. The van der Waals surface area contributed by atoms with Gasteiger partial charge in [0, 0.05) is 16.5 Å². The van der Waals surface area contributed by atoms with Crippen molar-refractivity contribution < 1.29 is 18.0 Å². The van der Waals surface area contributed by atoms with E-state index < -0.39 is 15.8 Å². The molecule has 0 amide bonds. The molecule has 1 unspecified atom stereocenters. The molecule has 0 bridgehead atoms. The lowest BCUT2D eigenvalue weighted by Gasteiger charge is -2.07. The van der Waals surface area contributed by atoms with Gasteiger partial charge in [-0.15, -0.1) is 0 Å². The highest BCUT2D eigenvalue weighted by Gasteiger charge is 2.16. The van der Waals surface area contributed by atoms with Crippen LogP contribution in [0.15, 0.2) is 58.6 Å². The third-order valence-corrected chi connectivity index (χ3v) is 5.39. The summed E-state index contributed by atoms with van der Waals surface area (Å²) in [5.41, 5.74) is 2.87. The summed E-state index contributed by atoms with van der Waals surface area (Å²) in [6, 6.07) is 15.1. The molecule has 2 aromatic carbocycles. The number of esters is 1. The van der Waals surface area contributed by atoms with Crippen LogP contribution in [0.5, 0.6) is 0 Å². The third kappa shape index (κ3) is 5.93. The average molecular weight is 392 g/mol. The molecule has 0 heterocycles. The standard InChI is InChI=1S/C19H21NO4S2/c1-14-9-11-17(12-10-14)25-18(19(21)23-3)20-24-26(4,22)13-16-8-6-5-7-15(16)2/h5-13H,1-4H3. The Bertz CT molecular complexity index is 927. The van der Waals surface area contributed by atoms with Crippen LogP contribution in [0.4, 0.5) is 0 Å². The molecule has 7 heteroatoms. The minimum Gasteiger partial charge on any atom is -0.464 e. The van der Waals surface area contributed by atoms with Crippen molar-refractivity contribution in [3.8, 4) is 0 Å². The Morgan fingerprint density at radius 2 is 1.77 bits per heavy atom. The Morgan fingerprint density at radius 1 is 1.12 bits per heavy atom. The molecule has 0 aliphatic heterocycles. The Morgan fingerprint density at radius 3 is 2.38 bits per heavy atom. The van der Waals surface area contributed by atoms with E-state index in [1.807, 2.05) is 62.4 Å². The summed E-state index contributed by atoms with van der Waals surface area (Å²) in [5, 5.41) is 5.30. The van der Waals surface area contributed by atoms with E-state index in [-0.39, 0.29) is 5.04 Å². The van der Waals surface area contributed by atoms with Gasteiger partial charge in [0.15, 0.2) is 0 Å². The van der Waals surface area contributed by atoms with Crippen molar-refractivity contribution in [3.05, 3.63) is 65.2 Å². The molecule has 0 radical (unpaired) electrons. The number of rotatable bonds is 4. The van der Waals surface area contributed by atoms with Crippen LogP contribution >= 0.6 is 11.8 Å². The first kappa shape index (κ1) is 20.1. The summed E-state index contributed by atoms with van der Waals surface area (Å²) in [6.45, 7) is 3.89. The predicted octanol–water partition coefficient (Wildman–Crippen LogP) is 3.58. The zero-order chi connectivity index (χ0) is 19.2. The molecule has 2 aromatic rings. The number of carbonyl (C=O) groups is 1. The maximum absolute atomic E-state index is 12.7. The van der Waals surface area contributed by atoms with E-state index in [0.29, 0.717) is 0 Å². The molecule has 2 rings (SSSR count). The van der Waals surface area contributed by atoms with Gasteiger partial charge in [-0.2, -0.15) is 0 Å². The molecule has 0 spiro atoms. The van der Waals surface area contributed by atoms with Crippen molar-refractivity contribution in [2.45, 2.75) is 18.7 Å². The van der Waals surface area contributed by atoms with Crippen LogP contribution in [0.25, 0.3) is 0 Å². The largest absolute Gasteiger partial charge is 0.464 e. The molecular weight excluding hydrogens is 370 g/mol. The second-order valence-corrected chi connectivity index (χ2v) is 8.79. The van der Waals surface area contributed by atoms with E-state index in [4.69, 9.17) is 9.02 Å². The molecule has 138 valence electrons. The van der Waals surface area contributed by atoms with Gasteiger partial charge in [0.05, 0.1) is 7.11 Å². The van der Waals surface area contributed by atoms with E-state index in [0.717, 1.165) is 33.3 Å². The van der Waals surface area contributed by atoms with E-state index in [9.17, 15) is 9.00 Å². The van der Waals surface area contributed by atoms with Crippen molar-refractivity contribution in [2.75, 3.05) is 13.4 Å². The molecule has 26 heavy (non-hydrogen) atoms. The summed E-state index contributed by atoms with van der Waals surface area (Å²) in [4.78, 5) is 12.8. The van der Waals surface area contributed by atoms with Crippen molar-refractivity contribution >= 4 is 37.9 Å². The number of ether oxygens (including phenoxy) is 1. The SMILES string of the molecule is COC(=O)C(=NOS(C)(=O)=Cc1ccccc1C)Sc1ccc(C)cc1. The Labute approximate surface area is 158 Å². The van der Waals surface area contributed by atoms with E-state index in [1.165, 1.54) is 18.7 Å². The van der Waals surface area contributed by atoms with Crippen LogP contribution in [-0.4, -0.2) is 34.0 Å². The zero-order valence-electron chi connectivity index (χ0n) is 15.1. The topological polar surface area (TPSA) is 65.0 Å². The fourth-order valence-electron chi connectivity index (χ4n) is 1.98. The summed E-state index contributed by atoms with van der Waals surface area (Å²) < 4.78 is 22.6. The first-order chi connectivity index (χ1) is 12.3. The summed E-state index contributed by atoms with van der Waals surface area (Å²) in [5.74, 6) is -0.651. The molecule has 5 nitrogen and oxygen atoms in total. The van der Waals surface area contributed by atoms with Gasteiger partial charge in [0.2, 0.25) is 5.04 Å². The van der Waals surface area contributed by atoms with E-state index >= 15 is 0 Å². The second kappa shape index (κ2) is 8.91. The van der Waals surface area contributed by atoms with E-state index in [1.54, 1.807) is 0 Å². The highest BCUT2D eigenvalue weighted by atomic mass is 32.2. The number of benzene rings is 2. The lowest BCUT2D eigenvalue weighted by atomic mass is 10.1. The monoisotopic (exact) mass is 391 g/mol. The molecule has 0 aromatic heterocycles. The highest BCUT2D eigenvalue weighted by Crippen LogP contribution is 2.21. The Kier molecular flexibility index (Phi) is 6.88. The number of carbonyl (C=O) groups excluding carboxylic acids is 1. The Hall–Kier alpha value is -2.25. The molecule has 0 N–H and O–H groups in total. The first-order valence-electron chi connectivity index (χ1n) is 7.80. The van der Waals surface area contributed by atoms with Gasteiger partial charge in [-0.1, -0.05) is 58.9 Å². The third-order valence-electron chi connectivity index (χ3n) is 3.39. The molecule has 0 aliphatic rings. The van der Waals surface area contributed by atoms with Crippen LogP contribution in [0.3, 0.4) is 0 Å². The number of thioether (sulfide) groups is 1. The van der Waals surface area contributed by atoms with Gasteiger partial charge in [0.25, 0.3) is 0 Å². The minimum absolute atomic E-state index is 0.0240. The Balaban J connectivity index is 2.26. The van der Waals surface area contributed by atoms with Crippen molar-refractivity contribution in [1.82, 2.24) is 0 Å². The van der Waals surface area contributed by atoms with Gasteiger partial charge in [-0.05, 0) is 37.1 Å². The average Bonchev–Trinajstić information content (AvgIpc) is 2.61. The fourth-order valence-corrected chi connectivity index (χ4v) is 3.76. The van der Waals surface area contributed by atoms with Crippen LogP contribution < -0.4 is 0 Å². The van der Waals surface area contributed by atoms with Crippen LogP contribution in [0.2, 0.25) is 0 Å². The summed E-state index contributed by atoms with van der Waals surface area (Å²) in [7, 11) is -1.62. The number of hydrogen-bond donors (Lipinski definition) is 0. The predicted molar refractivity (Wildman–Crippen MR) is 108 cm³/mol. The maximum atomic E-state index is 12.7. The normalized spacial score (nSPS) is 13.6. The van der Waals surface area contributed by atoms with Crippen LogP contribution in [0, 0.1) is 13.8 Å². The quantitative estimate of drug-likeness (QED) is 0.199. The van der Waals surface area contributed by atoms with Crippen LogP contribution in [0.1, 0.15) is 16.7 Å². The van der Waals surface area contributed by atoms with Gasteiger partial charge in [-0.25, -0.2) is 9.00 Å². The number of hydrogen-bond acceptors (Lipinski definition) is 6. The van der Waals surface area contributed by atoms with Gasteiger partial charge in [-0.3, -0.25) is 0 Å². The van der Waals surface area contributed by atoms with Crippen molar-refractivity contribution in [3.63, 3.8) is 0 Å². The number of methoxy groups -OCH3 is 1. The smallest absolute Gasteiger partial charge is 0.367 e. The van der Waals surface area contributed by atoms with Crippen LogP contribution in [-0.2, 0) is 23.6 Å². The highest BCUT2D eigenvalue weighted by molar-refractivity contribution is 8.15. The van der Waals surface area contributed by atoms with Crippen molar-refractivity contribution in [1.29, 1.82) is 0 Å². The molecule has 0 aliphatic carbocycles. The molecule has 1 atom stereocenters. The lowest BCUT2D eigenvalue weighted by Crippen LogP contribution is -2.14. The molecule has 0 fully saturated rings. The van der Waals surface area contributed by atoms with Crippen molar-refractivity contribution in [2.24, 2.45) is 5.16 Å². The molecular formula is C19H21NO4S2. The van der Waals surface area contributed by atoms with Gasteiger partial charge < -0.3 is 9.02 Å². The van der Waals surface area contributed by atoms with Gasteiger partial charge in [0.1, 0.15) is 9.80 Å². The number of nitrogens with zero attached hydrogens (tertiary/aromatic N) is 1. The second-order valence-electron chi connectivity index (χ2n) is 5.68.